The van der Waals surface area contributed by atoms with Gasteiger partial charge in [-0.3, -0.25) is 0 Å². The molecule has 31 heavy (non-hydrogen) atoms. The molecule has 168 valence electrons. The first kappa shape index (κ1) is 24.0. The summed E-state index contributed by atoms with van der Waals surface area (Å²) in [7, 11) is 1.74. The average Bonchev–Trinajstić information content (AvgIpc) is 3.23. The number of hydrogen-bond donors (Lipinski definition) is 0. The molecule has 7 nitrogen and oxygen atoms in total. The lowest BCUT2D eigenvalue weighted by atomic mass is 10.2. The molecule has 0 spiro atoms. The number of alkyl halides is 1. The monoisotopic (exact) mass is 526 g/mol. The molecule has 1 fully saturated rings. The molecule has 1 aromatic carbocycles. The van der Waals surface area contributed by atoms with Crippen LogP contribution in [-0.4, -0.2) is 46.3 Å². The zero-order valence-electron chi connectivity index (χ0n) is 17.8. The number of thioether (sulfide) groups is 1. The average molecular weight is 528 g/mol. The summed E-state index contributed by atoms with van der Waals surface area (Å²) in [5.41, 5.74) is 1.13. The van der Waals surface area contributed by atoms with Crippen LogP contribution in [0, 0.1) is 0 Å². The van der Waals surface area contributed by atoms with E-state index in [2.05, 4.69) is 33.1 Å². The van der Waals surface area contributed by atoms with Gasteiger partial charge >= 0.3 is 11.3 Å². The third-order valence-electron chi connectivity index (χ3n) is 4.95. The highest BCUT2D eigenvalue weighted by atomic mass is 79.9. The normalized spacial score (nSPS) is 16.6. The van der Waals surface area contributed by atoms with E-state index in [4.69, 9.17) is 4.74 Å². The van der Waals surface area contributed by atoms with Crippen molar-refractivity contribution in [2.75, 3.05) is 18.5 Å². The van der Waals surface area contributed by atoms with E-state index in [-0.39, 0.29) is 6.03 Å². The minimum Gasteiger partial charge on any atom is -0.433 e. The van der Waals surface area contributed by atoms with Crippen LogP contribution in [0.4, 0.5) is 14.7 Å². The van der Waals surface area contributed by atoms with Gasteiger partial charge in [-0.15, -0.1) is 10.2 Å². The van der Waals surface area contributed by atoms with Crippen LogP contribution in [0.25, 0.3) is 0 Å². The van der Waals surface area contributed by atoms with Crippen LogP contribution in [0.15, 0.2) is 29.2 Å². The summed E-state index contributed by atoms with van der Waals surface area (Å²) < 4.78 is 5.69. The van der Waals surface area contributed by atoms with E-state index in [1.165, 1.54) is 29.1 Å². The van der Waals surface area contributed by atoms with Gasteiger partial charge in [-0.05, 0) is 35.9 Å². The number of urea groups is 1. The van der Waals surface area contributed by atoms with Crippen LogP contribution >= 0.6 is 39.0 Å². The lowest BCUT2D eigenvalue weighted by molar-refractivity contribution is 0.0928. The molecule has 10 heteroatoms. The van der Waals surface area contributed by atoms with Crippen molar-refractivity contribution in [3.05, 3.63) is 34.8 Å². The molecule has 0 N–H and O–H groups in total. The molecule has 1 atom stereocenters. The van der Waals surface area contributed by atoms with Gasteiger partial charge in [-0.1, -0.05) is 65.6 Å². The van der Waals surface area contributed by atoms with Crippen LogP contribution in [0.3, 0.4) is 0 Å². The Morgan fingerprint density at radius 3 is 2.74 bits per heavy atom. The Hall–Kier alpha value is -1.65. The lowest BCUT2D eigenvalue weighted by Gasteiger charge is -2.37. The predicted octanol–water partition coefficient (Wildman–Crippen LogP) is 6.07. The summed E-state index contributed by atoms with van der Waals surface area (Å²) in [5.74, 6) is 0. The first-order chi connectivity index (χ1) is 15.0. The first-order valence-electron chi connectivity index (χ1n) is 10.4. The van der Waals surface area contributed by atoms with E-state index in [9.17, 15) is 9.59 Å². The predicted molar refractivity (Wildman–Crippen MR) is 128 cm³/mol. The molecule has 2 aromatic rings. The molecule has 1 aliphatic rings. The van der Waals surface area contributed by atoms with Crippen molar-refractivity contribution in [3.63, 3.8) is 0 Å². The summed E-state index contributed by atoms with van der Waals surface area (Å²) in [4.78, 5) is 29.3. The maximum absolute atomic E-state index is 12.8. The smallest absolute Gasteiger partial charge is 0.374 e. The molecule has 0 saturated carbocycles. The van der Waals surface area contributed by atoms with Gasteiger partial charge in [-0.2, -0.15) is 0 Å². The minimum absolute atomic E-state index is 0.232. The number of anilines is 1. The molecule has 0 aliphatic carbocycles. The van der Waals surface area contributed by atoms with Crippen molar-refractivity contribution in [3.8, 4) is 0 Å². The highest BCUT2D eigenvalue weighted by molar-refractivity contribution is 9.08. The number of aryl methyl sites for hydroxylation is 1. The zero-order valence-corrected chi connectivity index (χ0v) is 21.0. The molecule has 1 unspecified atom stereocenters. The Kier molecular flexibility index (Phi) is 9.15. The number of rotatable bonds is 9. The second-order valence-electron chi connectivity index (χ2n) is 7.35. The topological polar surface area (TPSA) is 75.6 Å². The van der Waals surface area contributed by atoms with Crippen LogP contribution in [0.5, 0.6) is 0 Å². The first-order valence-corrected chi connectivity index (χ1v) is 13.2. The molecular weight excluding hydrogens is 500 g/mol. The summed E-state index contributed by atoms with van der Waals surface area (Å²) in [6.07, 6.45) is 5.27. The number of carbonyl (C=O) groups is 2. The number of nitrogens with zero attached hydrogens (tertiary/aromatic N) is 4. The van der Waals surface area contributed by atoms with Gasteiger partial charge in [0.15, 0.2) is 6.23 Å². The Balaban J connectivity index is 1.65. The van der Waals surface area contributed by atoms with E-state index < -0.39 is 11.5 Å². The van der Waals surface area contributed by atoms with Gasteiger partial charge < -0.3 is 9.64 Å². The van der Waals surface area contributed by atoms with E-state index in [0.717, 1.165) is 51.8 Å². The second kappa shape index (κ2) is 11.8. The minimum atomic E-state index is -0.689. The number of amides is 2. The molecular formula is C21H27BrN4O3S2. The quantitative estimate of drug-likeness (QED) is 0.171. The van der Waals surface area contributed by atoms with Crippen LogP contribution in [0.1, 0.15) is 49.6 Å². The summed E-state index contributed by atoms with van der Waals surface area (Å²) in [6.45, 7) is 2.69. The summed E-state index contributed by atoms with van der Waals surface area (Å²) in [5, 5.41) is 10.2. The Morgan fingerprint density at radius 1 is 1.26 bits per heavy atom. The maximum Gasteiger partial charge on any atom is 0.374 e. The number of aromatic nitrogens is 2. The number of halogens is 1. The number of hydrogen-bond acceptors (Lipinski definition) is 7. The summed E-state index contributed by atoms with van der Waals surface area (Å²) in [6, 6.07) is 7.45. The maximum atomic E-state index is 12.8. The molecule has 1 aliphatic heterocycles. The van der Waals surface area contributed by atoms with Crippen LogP contribution in [0.2, 0.25) is 0 Å². The highest BCUT2D eigenvalue weighted by Gasteiger charge is 2.37. The molecule has 3 rings (SSSR count). The zero-order chi connectivity index (χ0) is 22.2. The summed E-state index contributed by atoms with van der Waals surface area (Å²) >= 11 is 5.82. The third kappa shape index (κ3) is 6.66. The van der Waals surface area contributed by atoms with Gasteiger partial charge in [0.05, 0.1) is 0 Å². The molecule has 1 saturated heterocycles. The number of benzene rings is 1. The van der Waals surface area contributed by atoms with Gasteiger partial charge in [0.1, 0.15) is 5.01 Å². The second-order valence-corrected chi connectivity index (χ2v) is 9.96. The fourth-order valence-electron chi connectivity index (χ4n) is 3.18. The fourth-order valence-corrected chi connectivity index (χ4v) is 5.09. The highest BCUT2D eigenvalue weighted by Crippen LogP contribution is 2.30. The van der Waals surface area contributed by atoms with E-state index in [1.807, 2.05) is 24.3 Å². The van der Waals surface area contributed by atoms with Gasteiger partial charge in [-0.25, -0.2) is 14.5 Å². The van der Waals surface area contributed by atoms with Crippen molar-refractivity contribution >= 4 is 55.5 Å². The standard InChI is InChI=1S/C21H27BrN4O3S2/c1-3-4-5-6-7-17-23-24-19(31-17)26-18(12-13-25(2)20(26)27)29-21(28)30-16-10-8-15(14-22)9-11-16/h8-11,18H,3-7,12-14H2,1-2H3. The van der Waals surface area contributed by atoms with Crippen molar-refractivity contribution in [1.82, 2.24) is 15.1 Å². The number of ether oxygens (including phenoxy) is 1. The van der Waals surface area contributed by atoms with Crippen molar-refractivity contribution < 1.29 is 14.3 Å². The van der Waals surface area contributed by atoms with Gasteiger partial charge in [0.25, 0.3) is 0 Å². The van der Waals surface area contributed by atoms with E-state index in [0.29, 0.717) is 18.1 Å². The molecule has 2 heterocycles. The number of carbonyl (C=O) groups excluding carboxylic acids is 2. The van der Waals surface area contributed by atoms with Gasteiger partial charge in [0.2, 0.25) is 5.13 Å². The fraction of sp³-hybridized carbons (Fsp3) is 0.524. The molecule has 0 radical (unpaired) electrons. The SMILES string of the molecule is CCCCCCc1nnc(N2C(=O)N(C)CCC2OC(=O)Sc2ccc(CBr)cc2)s1. The number of unbranched alkanes of at least 4 members (excludes halogenated alkanes) is 3. The van der Waals surface area contributed by atoms with Crippen LogP contribution < -0.4 is 4.90 Å². The van der Waals surface area contributed by atoms with Crippen molar-refractivity contribution in [2.45, 2.75) is 61.9 Å². The molecule has 0 bridgehead atoms. The van der Waals surface area contributed by atoms with E-state index in [1.54, 1.807) is 11.9 Å². The van der Waals surface area contributed by atoms with E-state index >= 15 is 0 Å². The van der Waals surface area contributed by atoms with Gasteiger partial charge in [0, 0.05) is 36.7 Å². The van der Waals surface area contributed by atoms with Crippen molar-refractivity contribution in [1.29, 1.82) is 0 Å². The molecule has 1 aromatic heterocycles. The third-order valence-corrected chi connectivity index (χ3v) is 7.35. The lowest BCUT2D eigenvalue weighted by Crippen LogP contribution is -2.54. The van der Waals surface area contributed by atoms with Crippen LogP contribution in [-0.2, 0) is 16.5 Å². The largest absolute Gasteiger partial charge is 0.433 e. The molecule has 2 amide bonds. The Morgan fingerprint density at radius 2 is 2.03 bits per heavy atom. The Bertz CT molecular complexity index is 878. The Labute approximate surface area is 199 Å². The van der Waals surface area contributed by atoms with Crippen molar-refractivity contribution in [2.24, 2.45) is 0 Å².